The summed E-state index contributed by atoms with van der Waals surface area (Å²) in [6.07, 6.45) is 0. The maximum absolute atomic E-state index is 12.4. The average molecular weight is 365 g/mol. The first-order valence-electron chi connectivity index (χ1n) is 6.88. The molecule has 3 N–H and O–H groups in total. The van der Waals surface area contributed by atoms with Crippen LogP contribution < -0.4 is 10.5 Å². The Bertz CT molecular complexity index is 1060. The number of furan rings is 1. The molecule has 0 aliphatic rings. The molecule has 3 rings (SSSR count). The van der Waals surface area contributed by atoms with Crippen molar-refractivity contribution in [2.45, 2.75) is 11.8 Å². The lowest BCUT2D eigenvalue weighted by Crippen LogP contribution is -2.15. The average Bonchev–Trinajstić information content (AvgIpc) is 2.84. The van der Waals surface area contributed by atoms with Crippen molar-refractivity contribution in [1.82, 2.24) is 0 Å². The monoisotopic (exact) mass is 364 g/mol. The van der Waals surface area contributed by atoms with Crippen LogP contribution in [0.15, 0.2) is 51.8 Å². The van der Waals surface area contributed by atoms with Gasteiger partial charge in [-0.25, -0.2) is 13.6 Å². The minimum absolute atomic E-state index is 0.0894. The molecule has 0 aliphatic carbocycles. The highest BCUT2D eigenvalue weighted by molar-refractivity contribution is 7.89. The van der Waals surface area contributed by atoms with E-state index in [2.05, 4.69) is 5.32 Å². The maximum Gasteiger partial charge on any atom is 0.291 e. The lowest BCUT2D eigenvalue weighted by Gasteiger charge is -2.05. The lowest BCUT2D eigenvalue weighted by molar-refractivity contribution is 0.0998. The normalized spacial score (nSPS) is 11.6. The summed E-state index contributed by atoms with van der Waals surface area (Å²) in [7, 11) is -3.85. The Balaban J connectivity index is 1.95. The molecule has 0 saturated heterocycles. The highest BCUT2D eigenvalue weighted by atomic mass is 35.5. The van der Waals surface area contributed by atoms with E-state index in [9.17, 15) is 13.2 Å². The Morgan fingerprint density at radius 2 is 1.96 bits per heavy atom. The van der Waals surface area contributed by atoms with E-state index in [4.69, 9.17) is 21.2 Å². The van der Waals surface area contributed by atoms with Crippen LogP contribution in [0, 0.1) is 6.92 Å². The van der Waals surface area contributed by atoms with Crippen LogP contribution in [0.5, 0.6) is 0 Å². The predicted octanol–water partition coefficient (Wildman–Crippen LogP) is 3.29. The molecule has 1 amide bonds. The number of nitrogens with two attached hydrogens (primary N) is 1. The van der Waals surface area contributed by atoms with Crippen molar-refractivity contribution in [2.75, 3.05) is 5.32 Å². The van der Waals surface area contributed by atoms with Gasteiger partial charge in [0.1, 0.15) is 5.58 Å². The number of rotatable bonds is 3. The zero-order chi connectivity index (χ0) is 17.5. The molecular weight excluding hydrogens is 352 g/mol. The van der Waals surface area contributed by atoms with Crippen molar-refractivity contribution in [3.8, 4) is 0 Å². The quantitative estimate of drug-likeness (QED) is 0.744. The minimum Gasteiger partial charge on any atom is -0.451 e. The van der Waals surface area contributed by atoms with Gasteiger partial charge in [0.15, 0.2) is 5.76 Å². The molecule has 24 heavy (non-hydrogen) atoms. The maximum atomic E-state index is 12.4. The van der Waals surface area contributed by atoms with Crippen LogP contribution in [0.1, 0.15) is 16.1 Å². The summed E-state index contributed by atoms with van der Waals surface area (Å²) in [4.78, 5) is 12.3. The van der Waals surface area contributed by atoms with Crippen LogP contribution in [0.25, 0.3) is 11.0 Å². The lowest BCUT2D eigenvalue weighted by atomic mass is 10.1. The molecule has 0 spiro atoms. The van der Waals surface area contributed by atoms with Gasteiger partial charge in [0.2, 0.25) is 10.0 Å². The Labute approximate surface area is 143 Å². The third-order valence-corrected chi connectivity index (χ3v) is 4.67. The third kappa shape index (κ3) is 3.14. The SMILES string of the molecule is Cc1c(C(=O)Nc2cccc(S(N)(=O)=O)c2)oc2ccc(Cl)cc12. The first-order chi connectivity index (χ1) is 11.3. The van der Waals surface area contributed by atoms with Gasteiger partial charge in [0.05, 0.1) is 4.90 Å². The van der Waals surface area contributed by atoms with Crippen molar-refractivity contribution in [3.63, 3.8) is 0 Å². The summed E-state index contributed by atoms with van der Waals surface area (Å²) in [5, 5.41) is 8.97. The van der Waals surface area contributed by atoms with Crippen molar-refractivity contribution in [3.05, 3.63) is 58.8 Å². The summed E-state index contributed by atoms with van der Waals surface area (Å²) >= 11 is 5.96. The fourth-order valence-electron chi connectivity index (χ4n) is 2.35. The van der Waals surface area contributed by atoms with E-state index < -0.39 is 15.9 Å². The second-order valence-electron chi connectivity index (χ2n) is 5.22. The van der Waals surface area contributed by atoms with Gasteiger partial charge >= 0.3 is 0 Å². The van der Waals surface area contributed by atoms with E-state index in [1.54, 1.807) is 31.2 Å². The second-order valence-corrected chi connectivity index (χ2v) is 7.22. The molecular formula is C16H13ClN2O4S. The van der Waals surface area contributed by atoms with Crippen molar-refractivity contribution in [1.29, 1.82) is 0 Å². The number of anilines is 1. The van der Waals surface area contributed by atoms with Gasteiger partial charge in [0, 0.05) is 21.7 Å². The number of hydrogen-bond donors (Lipinski definition) is 2. The molecule has 124 valence electrons. The number of carbonyl (C=O) groups excluding carboxylic acids is 1. The number of carbonyl (C=O) groups is 1. The summed E-state index contributed by atoms with van der Waals surface area (Å²) < 4.78 is 28.3. The molecule has 0 aliphatic heterocycles. The number of halogens is 1. The molecule has 6 nitrogen and oxygen atoms in total. The molecule has 0 radical (unpaired) electrons. The summed E-state index contributed by atoms with van der Waals surface area (Å²) in [5.41, 5.74) is 1.48. The highest BCUT2D eigenvalue weighted by Gasteiger charge is 2.18. The second kappa shape index (κ2) is 5.94. The molecule has 1 heterocycles. The van der Waals surface area contributed by atoms with Crippen LogP contribution in [0.3, 0.4) is 0 Å². The Morgan fingerprint density at radius 1 is 1.21 bits per heavy atom. The molecule has 3 aromatic rings. The summed E-state index contributed by atoms with van der Waals surface area (Å²) in [6, 6.07) is 10.7. The van der Waals surface area contributed by atoms with Gasteiger partial charge in [-0.1, -0.05) is 17.7 Å². The summed E-state index contributed by atoms with van der Waals surface area (Å²) in [5.74, 6) is -0.361. The molecule has 0 bridgehead atoms. The smallest absolute Gasteiger partial charge is 0.291 e. The number of benzene rings is 2. The van der Waals surface area contributed by atoms with Crippen molar-refractivity contribution < 1.29 is 17.6 Å². The number of sulfonamides is 1. The minimum atomic E-state index is -3.85. The molecule has 1 aromatic heterocycles. The number of nitrogens with one attached hydrogen (secondary N) is 1. The van der Waals surface area contributed by atoms with Crippen LogP contribution in [-0.4, -0.2) is 14.3 Å². The first-order valence-corrected chi connectivity index (χ1v) is 8.81. The topological polar surface area (TPSA) is 102 Å². The highest BCUT2D eigenvalue weighted by Crippen LogP contribution is 2.28. The van der Waals surface area contributed by atoms with Gasteiger partial charge < -0.3 is 9.73 Å². The van der Waals surface area contributed by atoms with E-state index in [1.165, 1.54) is 18.2 Å². The van der Waals surface area contributed by atoms with Gasteiger partial charge in [-0.15, -0.1) is 0 Å². The molecule has 8 heteroatoms. The standard InChI is InChI=1S/C16H13ClN2O4S/c1-9-13-7-10(17)5-6-14(13)23-15(9)16(20)19-11-3-2-4-12(8-11)24(18,21)22/h2-8H,1H3,(H,19,20)(H2,18,21,22). The van der Waals surface area contributed by atoms with Crippen LogP contribution >= 0.6 is 11.6 Å². The van der Waals surface area contributed by atoms with Crippen molar-refractivity contribution in [2.24, 2.45) is 5.14 Å². The number of amides is 1. The Morgan fingerprint density at radius 3 is 2.67 bits per heavy atom. The zero-order valence-electron chi connectivity index (χ0n) is 12.5. The van der Waals surface area contributed by atoms with Crippen LogP contribution in [0.4, 0.5) is 5.69 Å². The summed E-state index contributed by atoms with van der Waals surface area (Å²) in [6.45, 7) is 1.75. The first kappa shape index (κ1) is 16.5. The van der Waals surface area contributed by atoms with Crippen molar-refractivity contribution >= 4 is 44.2 Å². The van der Waals surface area contributed by atoms with E-state index >= 15 is 0 Å². The van der Waals surface area contributed by atoms with Crippen LogP contribution in [0.2, 0.25) is 5.02 Å². The van der Waals surface area contributed by atoms with E-state index in [-0.39, 0.29) is 10.7 Å². The zero-order valence-corrected chi connectivity index (χ0v) is 14.1. The van der Waals surface area contributed by atoms with E-state index in [0.717, 1.165) is 5.39 Å². The van der Waals surface area contributed by atoms with E-state index in [1.807, 2.05) is 0 Å². The molecule has 0 unspecified atom stereocenters. The molecule has 0 atom stereocenters. The van der Waals surface area contributed by atoms with Gasteiger partial charge in [0.25, 0.3) is 5.91 Å². The van der Waals surface area contributed by atoms with E-state index in [0.29, 0.717) is 21.9 Å². The Kier molecular flexibility index (Phi) is 4.08. The molecule has 0 saturated carbocycles. The largest absolute Gasteiger partial charge is 0.451 e. The van der Waals surface area contributed by atoms with Gasteiger partial charge in [-0.3, -0.25) is 4.79 Å². The van der Waals surface area contributed by atoms with Gasteiger partial charge in [-0.05, 0) is 43.3 Å². The van der Waals surface area contributed by atoms with Crippen LogP contribution in [-0.2, 0) is 10.0 Å². The fourth-order valence-corrected chi connectivity index (χ4v) is 3.08. The fraction of sp³-hybridized carbons (Fsp3) is 0.0625. The van der Waals surface area contributed by atoms with Gasteiger partial charge in [-0.2, -0.15) is 0 Å². The third-order valence-electron chi connectivity index (χ3n) is 3.52. The predicted molar refractivity (Wildman–Crippen MR) is 91.7 cm³/mol. The number of fused-ring (bicyclic) bond motifs is 1. The molecule has 0 fully saturated rings. The molecule has 2 aromatic carbocycles. The Hall–Kier alpha value is -2.35. The number of hydrogen-bond acceptors (Lipinski definition) is 4. The number of aryl methyl sites for hydroxylation is 1. The number of primary sulfonamides is 1.